The van der Waals surface area contributed by atoms with Crippen LogP contribution in [0, 0.1) is 5.82 Å². The molecule has 0 radical (unpaired) electrons. The Labute approximate surface area is 101 Å². The molecule has 1 heterocycles. The van der Waals surface area contributed by atoms with Crippen LogP contribution in [0.15, 0.2) is 40.1 Å². The number of aromatic amines is 1. The number of carbonyl (C=O) groups excluding carboxylic acids is 1. The summed E-state index contributed by atoms with van der Waals surface area (Å²) in [5.74, 6) is -1.22. The van der Waals surface area contributed by atoms with Crippen LogP contribution in [0.25, 0.3) is 5.69 Å². The number of aromatic nitrogens is 2. The fourth-order valence-corrected chi connectivity index (χ4v) is 1.58. The lowest BCUT2D eigenvalue weighted by molar-refractivity contribution is 0.101. The van der Waals surface area contributed by atoms with Crippen LogP contribution in [0.4, 0.5) is 4.39 Å². The van der Waals surface area contributed by atoms with Crippen LogP contribution in [0.3, 0.4) is 0 Å². The van der Waals surface area contributed by atoms with Gasteiger partial charge >= 0.3 is 5.69 Å². The Kier molecular flexibility index (Phi) is 2.93. The molecule has 2 rings (SSSR count). The number of para-hydroxylation sites is 1. The number of nitrogens with one attached hydrogen (secondary N) is 1. The molecule has 1 aromatic heterocycles. The number of hydrogen-bond acceptors (Lipinski definition) is 3. The third-order valence-corrected chi connectivity index (χ3v) is 2.45. The maximum Gasteiger partial charge on any atom is 0.333 e. The molecule has 0 amide bonds. The first-order chi connectivity index (χ1) is 8.52. The van der Waals surface area contributed by atoms with Gasteiger partial charge in [0.05, 0.1) is 11.3 Å². The van der Waals surface area contributed by atoms with E-state index in [2.05, 4.69) is 4.98 Å². The van der Waals surface area contributed by atoms with Crippen LogP contribution in [-0.4, -0.2) is 15.3 Å². The molecule has 0 saturated carbocycles. The third-order valence-electron chi connectivity index (χ3n) is 2.45. The summed E-state index contributed by atoms with van der Waals surface area (Å²) in [5.41, 5.74) is -2.02. The molecule has 0 fully saturated rings. The van der Waals surface area contributed by atoms with Gasteiger partial charge in [-0.05, 0) is 19.1 Å². The van der Waals surface area contributed by atoms with E-state index < -0.39 is 22.8 Å². The van der Waals surface area contributed by atoms with Crippen LogP contribution in [0.5, 0.6) is 0 Å². The van der Waals surface area contributed by atoms with E-state index in [-0.39, 0.29) is 11.3 Å². The Morgan fingerprint density at radius 2 is 1.94 bits per heavy atom. The Hall–Kier alpha value is -2.50. The molecule has 18 heavy (non-hydrogen) atoms. The number of rotatable bonds is 2. The molecule has 0 spiro atoms. The van der Waals surface area contributed by atoms with Gasteiger partial charge in [-0.15, -0.1) is 0 Å². The van der Waals surface area contributed by atoms with Gasteiger partial charge in [0, 0.05) is 6.20 Å². The number of nitrogens with zero attached hydrogens (tertiary/aromatic N) is 1. The predicted octanol–water partition coefficient (Wildman–Crippen LogP) is 0.868. The lowest BCUT2D eigenvalue weighted by Crippen LogP contribution is -2.36. The Balaban J connectivity index is 2.84. The summed E-state index contributed by atoms with van der Waals surface area (Å²) < 4.78 is 14.2. The van der Waals surface area contributed by atoms with Gasteiger partial charge in [0.2, 0.25) is 0 Å². The molecule has 5 nitrogen and oxygen atoms in total. The van der Waals surface area contributed by atoms with Crippen LogP contribution >= 0.6 is 0 Å². The van der Waals surface area contributed by atoms with Crippen LogP contribution in [0.1, 0.15) is 17.3 Å². The number of ketones is 1. The first-order valence-corrected chi connectivity index (χ1v) is 5.13. The van der Waals surface area contributed by atoms with Crippen molar-refractivity contribution in [2.45, 2.75) is 6.92 Å². The average molecular weight is 248 g/mol. The van der Waals surface area contributed by atoms with Crippen LogP contribution in [-0.2, 0) is 0 Å². The number of hydrogen-bond donors (Lipinski definition) is 1. The highest BCUT2D eigenvalue weighted by Crippen LogP contribution is 2.08. The standard InChI is InChI=1S/C12H9FN2O3/c1-7(16)8-6-14-12(18)15(11(8)17)10-5-3-2-4-9(10)13/h2-6H,1H3,(H,14,18). The van der Waals surface area contributed by atoms with Gasteiger partial charge in [-0.2, -0.15) is 0 Å². The molecule has 1 aromatic carbocycles. The monoisotopic (exact) mass is 248 g/mol. The molecule has 0 aliphatic heterocycles. The maximum absolute atomic E-state index is 13.6. The van der Waals surface area contributed by atoms with Crippen molar-refractivity contribution >= 4 is 5.78 Å². The maximum atomic E-state index is 13.6. The molecular weight excluding hydrogens is 239 g/mol. The Bertz CT molecular complexity index is 731. The largest absolute Gasteiger partial charge is 0.333 e. The molecular formula is C12H9FN2O3. The second-order valence-electron chi connectivity index (χ2n) is 3.66. The quantitative estimate of drug-likeness (QED) is 0.801. The summed E-state index contributed by atoms with van der Waals surface area (Å²) in [6.07, 6.45) is 1.03. The number of benzene rings is 1. The highest BCUT2D eigenvalue weighted by atomic mass is 19.1. The van der Waals surface area contributed by atoms with Crippen molar-refractivity contribution in [3.8, 4) is 5.69 Å². The van der Waals surface area contributed by atoms with Gasteiger partial charge in [-0.1, -0.05) is 12.1 Å². The van der Waals surface area contributed by atoms with E-state index >= 15 is 0 Å². The lowest BCUT2D eigenvalue weighted by atomic mass is 10.2. The summed E-state index contributed by atoms with van der Waals surface area (Å²) in [5, 5.41) is 0. The molecule has 0 saturated heterocycles. The van der Waals surface area contributed by atoms with Crippen molar-refractivity contribution in [1.29, 1.82) is 0 Å². The normalized spacial score (nSPS) is 10.3. The van der Waals surface area contributed by atoms with Crippen molar-refractivity contribution in [3.63, 3.8) is 0 Å². The molecule has 0 atom stereocenters. The van der Waals surface area contributed by atoms with E-state index in [1.807, 2.05) is 0 Å². The minimum atomic E-state index is -0.837. The van der Waals surface area contributed by atoms with Gasteiger partial charge in [0.15, 0.2) is 5.78 Å². The van der Waals surface area contributed by atoms with Gasteiger partial charge in [-0.3, -0.25) is 9.59 Å². The first-order valence-electron chi connectivity index (χ1n) is 5.13. The number of Topliss-reactive ketones (excluding diaryl/α,β-unsaturated/α-hetero) is 1. The Morgan fingerprint density at radius 3 is 2.56 bits per heavy atom. The topological polar surface area (TPSA) is 71.9 Å². The minimum absolute atomic E-state index is 0.188. The molecule has 92 valence electrons. The molecule has 0 aliphatic carbocycles. The van der Waals surface area contributed by atoms with E-state index in [1.54, 1.807) is 0 Å². The van der Waals surface area contributed by atoms with E-state index in [4.69, 9.17) is 0 Å². The van der Waals surface area contributed by atoms with Gasteiger partial charge in [0.25, 0.3) is 5.56 Å². The van der Waals surface area contributed by atoms with E-state index in [9.17, 15) is 18.8 Å². The summed E-state index contributed by atoms with van der Waals surface area (Å²) in [4.78, 5) is 37.0. The highest BCUT2D eigenvalue weighted by molar-refractivity contribution is 5.93. The zero-order valence-electron chi connectivity index (χ0n) is 9.44. The lowest BCUT2D eigenvalue weighted by Gasteiger charge is -2.06. The van der Waals surface area contributed by atoms with Crippen molar-refractivity contribution in [2.75, 3.05) is 0 Å². The molecule has 6 heteroatoms. The summed E-state index contributed by atoms with van der Waals surface area (Å²) in [6, 6.07) is 5.34. The van der Waals surface area contributed by atoms with Gasteiger partial charge < -0.3 is 4.98 Å². The summed E-state index contributed by atoms with van der Waals surface area (Å²) >= 11 is 0. The first kappa shape index (κ1) is 12.0. The zero-order chi connectivity index (χ0) is 13.3. The van der Waals surface area contributed by atoms with E-state index in [0.717, 1.165) is 12.3 Å². The van der Waals surface area contributed by atoms with Crippen molar-refractivity contribution < 1.29 is 9.18 Å². The van der Waals surface area contributed by atoms with Crippen molar-refractivity contribution in [1.82, 2.24) is 9.55 Å². The second-order valence-corrected chi connectivity index (χ2v) is 3.66. The second kappa shape index (κ2) is 4.40. The number of carbonyl (C=O) groups is 1. The van der Waals surface area contributed by atoms with Gasteiger partial charge in [0.1, 0.15) is 5.82 Å². The molecule has 0 aliphatic rings. The van der Waals surface area contributed by atoms with E-state index in [0.29, 0.717) is 4.57 Å². The summed E-state index contributed by atoms with van der Waals surface area (Å²) in [7, 11) is 0. The molecule has 0 unspecified atom stereocenters. The fourth-order valence-electron chi connectivity index (χ4n) is 1.58. The number of H-pyrrole nitrogens is 1. The van der Waals surface area contributed by atoms with Gasteiger partial charge in [-0.25, -0.2) is 13.8 Å². The van der Waals surface area contributed by atoms with E-state index in [1.165, 1.54) is 25.1 Å². The third kappa shape index (κ3) is 1.88. The highest BCUT2D eigenvalue weighted by Gasteiger charge is 2.14. The SMILES string of the molecule is CC(=O)c1c[nH]c(=O)n(-c2ccccc2F)c1=O. The smallest absolute Gasteiger partial charge is 0.313 e. The number of halogens is 1. The predicted molar refractivity (Wildman–Crippen MR) is 62.6 cm³/mol. The van der Waals surface area contributed by atoms with Crippen molar-refractivity contribution in [3.05, 3.63) is 62.7 Å². The zero-order valence-corrected chi connectivity index (χ0v) is 9.44. The molecule has 0 bridgehead atoms. The fraction of sp³-hybridized carbons (Fsp3) is 0.0833. The molecule has 1 N–H and O–H groups in total. The molecule has 2 aromatic rings. The van der Waals surface area contributed by atoms with Crippen LogP contribution < -0.4 is 11.2 Å². The van der Waals surface area contributed by atoms with Crippen LogP contribution in [0.2, 0.25) is 0 Å². The summed E-state index contributed by atoms with van der Waals surface area (Å²) in [6.45, 7) is 1.20. The minimum Gasteiger partial charge on any atom is -0.313 e. The van der Waals surface area contributed by atoms with Crippen molar-refractivity contribution in [2.24, 2.45) is 0 Å². The Morgan fingerprint density at radius 1 is 1.28 bits per heavy atom. The average Bonchev–Trinajstić information content (AvgIpc) is 2.31.